The number of nitrogens with one attached hydrogen (secondary N) is 2. The third-order valence-electron chi connectivity index (χ3n) is 6.67. The summed E-state index contributed by atoms with van der Waals surface area (Å²) >= 11 is 0. The Morgan fingerprint density at radius 1 is 1.11 bits per heavy atom. The Labute approximate surface area is 209 Å². The number of benzene rings is 1. The topological polar surface area (TPSA) is 110 Å². The molecule has 2 amide bonds. The van der Waals surface area contributed by atoms with Gasteiger partial charge in [-0.2, -0.15) is 4.98 Å². The average molecular weight is 492 g/mol. The molecule has 2 aliphatic rings. The van der Waals surface area contributed by atoms with Crippen LogP contribution < -0.4 is 10.6 Å². The zero-order valence-electron chi connectivity index (χ0n) is 20.7. The Hall–Kier alpha value is -3.62. The Kier molecular flexibility index (Phi) is 6.32. The van der Waals surface area contributed by atoms with E-state index in [1.165, 1.54) is 0 Å². The molecule has 36 heavy (non-hydrogen) atoms. The van der Waals surface area contributed by atoms with Crippen LogP contribution in [0.2, 0.25) is 0 Å². The summed E-state index contributed by atoms with van der Waals surface area (Å²) in [5, 5.41) is 9.64. The summed E-state index contributed by atoms with van der Waals surface area (Å²) in [5.41, 5.74) is 2.07. The monoisotopic (exact) mass is 491 g/mol. The quantitative estimate of drug-likeness (QED) is 0.480. The van der Waals surface area contributed by atoms with Crippen LogP contribution in [0.25, 0.3) is 11.1 Å². The van der Waals surface area contributed by atoms with Crippen molar-refractivity contribution in [2.24, 2.45) is 5.92 Å². The van der Waals surface area contributed by atoms with E-state index in [9.17, 15) is 9.59 Å². The number of pyridine rings is 1. The minimum atomic E-state index is -0.443. The van der Waals surface area contributed by atoms with Crippen LogP contribution in [0, 0.1) is 11.7 Å². The summed E-state index contributed by atoms with van der Waals surface area (Å²) in [6.45, 7) is 5.78. The summed E-state index contributed by atoms with van der Waals surface area (Å²) in [7, 11) is 0. The number of rotatable bonds is 5. The van der Waals surface area contributed by atoms with Crippen molar-refractivity contribution in [3.05, 3.63) is 59.1 Å². The van der Waals surface area contributed by atoms with Crippen LogP contribution in [0.1, 0.15) is 86.6 Å². The fourth-order valence-electron chi connectivity index (χ4n) is 4.48. The number of amides is 2. The standard InChI is InChI=1S/C27H30FN5O3/c1-27(2,3)26-32-23(33-36-26)25(35)30-20-7-5-4-6-19-18(20)11-10-17(22(19)28)16-12-13-29-21(14-16)31-24(34)15-8-9-15/h10-15,20H,4-9H2,1-3H3,(H,30,35)(H,29,31,34)/t20-/m1/s1. The molecule has 0 unspecified atom stereocenters. The molecular formula is C27H30FN5O3. The molecule has 2 aromatic heterocycles. The van der Waals surface area contributed by atoms with Crippen LogP contribution in [0.5, 0.6) is 0 Å². The molecule has 0 bridgehead atoms. The van der Waals surface area contributed by atoms with Crippen LogP contribution in [-0.4, -0.2) is 26.9 Å². The van der Waals surface area contributed by atoms with Gasteiger partial charge in [0, 0.05) is 23.1 Å². The molecule has 1 fully saturated rings. The molecule has 0 saturated heterocycles. The van der Waals surface area contributed by atoms with Gasteiger partial charge in [-0.25, -0.2) is 9.37 Å². The molecule has 9 heteroatoms. The van der Waals surface area contributed by atoms with Gasteiger partial charge in [0.2, 0.25) is 11.8 Å². The highest BCUT2D eigenvalue weighted by molar-refractivity contribution is 5.93. The number of carbonyl (C=O) groups excluding carboxylic acids is 2. The SMILES string of the molecule is CC(C)(C)c1nc(C(=O)N[C@@H]2CCCCc3c2ccc(-c2ccnc(NC(=O)C4CC4)c2)c3F)no1. The van der Waals surface area contributed by atoms with E-state index in [2.05, 4.69) is 25.8 Å². The van der Waals surface area contributed by atoms with Gasteiger partial charge < -0.3 is 15.2 Å². The van der Waals surface area contributed by atoms with Gasteiger partial charge in [0.05, 0.1) is 6.04 Å². The fraction of sp³-hybridized carbons (Fsp3) is 0.444. The first kappa shape index (κ1) is 24.1. The van der Waals surface area contributed by atoms with Gasteiger partial charge in [0.1, 0.15) is 11.6 Å². The molecule has 2 N–H and O–H groups in total. The lowest BCUT2D eigenvalue weighted by molar-refractivity contribution is -0.117. The van der Waals surface area contributed by atoms with Crippen LogP contribution in [0.15, 0.2) is 35.0 Å². The highest BCUT2D eigenvalue weighted by Crippen LogP contribution is 2.36. The molecule has 5 rings (SSSR count). The highest BCUT2D eigenvalue weighted by Gasteiger charge is 2.30. The van der Waals surface area contributed by atoms with Gasteiger partial charge in [-0.15, -0.1) is 0 Å². The molecule has 1 saturated carbocycles. The largest absolute Gasteiger partial charge is 0.342 e. The zero-order chi connectivity index (χ0) is 25.4. The minimum absolute atomic E-state index is 0.0274. The van der Waals surface area contributed by atoms with Gasteiger partial charge in [-0.05, 0) is 60.9 Å². The number of halogens is 1. The number of hydrogen-bond donors (Lipinski definition) is 2. The van der Waals surface area contributed by atoms with Crippen molar-refractivity contribution < 1.29 is 18.5 Å². The van der Waals surface area contributed by atoms with Gasteiger partial charge in [0.15, 0.2) is 0 Å². The number of anilines is 1. The number of carbonyl (C=O) groups is 2. The van der Waals surface area contributed by atoms with Crippen LogP contribution in [0.4, 0.5) is 10.2 Å². The molecule has 188 valence electrons. The first-order chi connectivity index (χ1) is 17.2. The normalized spacial score (nSPS) is 17.7. The van der Waals surface area contributed by atoms with Crippen molar-refractivity contribution in [2.45, 2.75) is 70.8 Å². The molecule has 8 nitrogen and oxygen atoms in total. The first-order valence-electron chi connectivity index (χ1n) is 12.4. The fourth-order valence-corrected chi connectivity index (χ4v) is 4.48. The van der Waals surface area contributed by atoms with Gasteiger partial charge in [-0.1, -0.05) is 44.5 Å². The minimum Gasteiger partial charge on any atom is -0.342 e. The van der Waals surface area contributed by atoms with Crippen molar-refractivity contribution in [3.8, 4) is 11.1 Å². The van der Waals surface area contributed by atoms with Crippen LogP contribution in [-0.2, 0) is 16.6 Å². The van der Waals surface area contributed by atoms with Gasteiger partial charge >= 0.3 is 0 Å². The molecule has 1 aromatic carbocycles. The molecule has 2 aliphatic carbocycles. The summed E-state index contributed by atoms with van der Waals surface area (Å²) in [6, 6.07) is 6.68. The third kappa shape index (κ3) is 5.01. The van der Waals surface area contributed by atoms with Crippen molar-refractivity contribution >= 4 is 17.6 Å². The van der Waals surface area contributed by atoms with Crippen molar-refractivity contribution in [1.82, 2.24) is 20.4 Å². The lowest BCUT2D eigenvalue weighted by Gasteiger charge is -2.20. The molecule has 0 radical (unpaired) electrons. The molecule has 2 heterocycles. The number of hydrogen-bond acceptors (Lipinski definition) is 6. The van der Waals surface area contributed by atoms with E-state index in [-0.39, 0.29) is 34.9 Å². The summed E-state index contributed by atoms with van der Waals surface area (Å²) in [5.74, 6) is 0.0282. The molecule has 0 aliphatic heterocycles. The summed E-state index contributed by atoms with van der Waals surface area (Å²) in [6.07, 6.45) is 6.29. The Bertz CT molecular complexity index is 1310. The Morgan fingerprint density at radius 3 is 2.64 bits per heavy atom. The third-order valence-corrected chi connectivity index (χ3v) is 6.67. The average Bonchev–Trinajstić information content (AvgIpc) is 3.60. The second-order valence-corrected chi connectivity index (χ2v) is 10.6. The van der Waals surface area contributed by atoms with Crippen molar-refractivity contribution in [3.63, 3.8) is 0 Å². The zero-order valence-corrected chi connectivity index (χ0v) is 20.7. The predicted molar refractivity (Wildman–Crippen MR) is 132 cm³/mol. The molecular weight excluding hydrogens is 461 g/mol. The van der Waals surface area contributed by atoms with Crippen molar-refractivity contribution in [2.75, 3.05) is 5.32 Å². The molecule has 0 spiro atoms. The molecule has 3 aromatic rings. The van der Waals surface area contributed by atoms with E-state index >= 15 is 4.39 Å². The first-order valence-corrected chi connectivity index (χ1v) is 12.4. The second kappa shape index (κ2) is 9.44. The van der Waals surface area contributed by atoms with Gasteiger partial charge in [0.25, 0.3) is 11.7 Å². The number of nitrogens with zero attached hydrogens (tertiary/aromatic N) is 3. The maximum Gasteiger partial charge on any atom is 0.293 e. The van der Waals surface area contributed by atoms with E-state index in [0.717, 1.165) is 31.2 Å². The van der Waals surface area contributed by atoms with Crippen LogP contribution >= 0.6 is 0 Å². The lowest BCUT2D eigenvalue weighted by atomic mass is 9.93. The van der Waals surface area contributed by atoms with E-state index in [1.807, 2.05) is 26.8 Å². The Balaban J connectivity index is 1.40. The van der Waals surface area contributed by atoms with Gasteiger partial charge in [-0.3, -0.25) is 9.59 Å². The maximum atomic E-state index is 15.9. The maximum absolute atomic E-state index is 15.9. The van der Waals surface area contributed by atoms with E-state index < -0.39 is 5.91 Å². The second-order valence-electron chi connectivity index (χ2n) is 10.6. The van der Waals surface area contributed by atoms with E-state index in [4.69, 9.17) is 4.52 Å². The van der Waals surface area contributed by atoms with E-state index in [1.54, 1.807) is 24.4 Å². The smallest absolute Gasteiger partial charge is 0.293 e. The van der Waals surface area contributed by atoms with Crippen LogP contribution in [0.3, 0.4) is 0 Å². The predicted octanol–water partition coefficient (Wildman–Crippen LogP) is 5.11. The lowest BCUT2D eigenvalue weighted by Crippen LogP contribution is -2.30. The highest BCUT2D eigenvalue weighted by atomic mass is 19.1. The molecule has 1 atom stereocenters. The number of aromatic nitrogens is 3. The van der Waals surface area contributed by atoms with E-state index in [0.29, 0.717) is 41.2 Å². The summed E-state index contributed by atoms with van der Waals surface area (Å²) in [4.78, 5) is 33.5. The Morgan fingerprint density at radius 2 is 1.92 bits per heavy atom. The van der Waals surface area contributed by atoms with Crippen molar-refractivity contribution in [1.29, 1.82) is 0 Å². The number of fused-ring (bicyclic) bond motifs is 1. The summed E-state index contributed by atoms with van der Waals surface area (Å²) < 4.78 is 21.1.